The molecule has 1 aromatic carbocycles. The lowest BCUT2D eigenvalue weighted by Gasteiger charge is -2.18. The lowest BCUT2D eigenvalue weighted by Crippen LogP contribution is -2.28. The van der Waals surface area contributed by atoms with Crippen LogP contribution < -0.4 is 10.1 Å². The summed E-state index contributed by atoms with van der Waals surface area (Å²) in [6.07, 6.45) is 3.00. The Labute approximate surface area is 121 Å². The molecule has 0 radical (unpaired) electrons. The minimum atomic E-state index is -0.335. The summed E-state index contributed by atoms with van der Waals surface area (Å²) in [7, 11) is 0. The van der Waals surface area contributed by atoms with Crippen molar-refractivity contribution in [3.8, 4) is 5.75 Å². The second-order valence-electron chi connectivity index (χ2n) is 5.11. The molecule has 0 spiro atoms. The van der Waals surface area contributed by atoms with Crippen LogP contribution in [0.2, 0.25) is 0 Å². The van der Waals surface area contributed by atoms with E-state index in [1.807, 2.05) is 0 Å². The maximum atomic E-state index is 13.5. The van der Waals surface area contributed by atoms with E-state index >= 15 is 0 Å². The van der Waals surface area contributed by atoms with E-state index in [1.165, 1.54) is 18.3 Å². The second kappa shape index (κ2) is 5.55. The van der Waals surface area contributed by atoms with Gasteiger partial charge >= 0.3 is 0 Å². The molecule has 1 atom stereocenters. The van der Waals surface area contributed by atoms with E-state index in [0.29, 0.717) is 35.6 Å². The van der Waals surface area contributed by atoms with E-state index < -0.39 is 0 Å². The molecule has 1 aliphatic heterocycles. The molecule has 0 aliphatic carbocycles. The quantitative estimate of drug-likeness (QED) is 0.892. The third kappa shape index (κ3) is 2.74. The van der Waals surface area contributed by atoms with Gasteiger partial charge in [0.1, 0.15) is 11.6 Å². The molecule has 0 fully saturated rings. The number of aryl methyl sites for hydroxylation is 1. The zero-order valence-electron chi connectivity index (χ0n) is 11.6. The Hall–Kier alpha value is -2.37. The highest BCUT2D eigenvalue weighted by atomic mass is 19.1. The monoisotopic (exact) mass is 289 g/mol. The number of amides is 1. The van der Waals surface area contributed by atoms with Crippen molar-refractivity contribution < 1.29 is 13.9 Å². The molecule has 5 nitrogen and oxygen atoms in total. The Morgan fingerprint density at radius 3 is 3.14 bits per heavy atom. The predicted molar refractivity (Wildman–Crippen MR) is 74.7 cm³/mol. The summed E-state index contributed by atoms with van der Waals surface area (Å²) in [5, 5.41) is 9.51. The molecule has 0 unspecified atom stereocenters. The number of hydrogen-bond acceptors (Lipinski definition) is 3. The molecular weight excluding hydrogens is 273 g/mol. The molecule has 110 valence electrons. The van der Waals surface area contributed by atoms with Gasteiger partial charge in [-0.1, -0.05) is 0 Å². The van der Waals surface area contributed by atoms with Crippen molar-refractivity contribution in [2.45, 2.75) is 25.8 Å². The van der Waals surface area contributed by atoms with Crippen LogP contribution in [0.25, 0.3) is 0 Å². The molecule has 0 bridgehead atoms. The smallest absolute Gasteiger partial charge is 0.255 e. The Balaban J connectivity index is 1.87. The first-order valence-electron chi connectivity index (χ1n) is 6.88. The first-order chi connectivity index (χ1) is 10.1. The molecule has 0 saturated carbocycles. The fraction of sp³-hybridized carbons (Fsp3) is 0.333. The number of hydrogen-bond donors (Lipinski definition) is 2. The van der Waals surface area contributed by atoms with Crippen LogP contribution in [0.3, 0.4) is 0 Å². The summed E-state index contributed by atoms with van der Waals surface area (Å²) < 4.78 is 19.1. The van der Waals surface area contributed by atoms with E-state index in [9.17, 15) is 9.18 Å². The van der Waals surface area contributed by atoms with E-state index in [2.05, 4.69) is 15.5 Å². The standard InChI is InChI=1S/C15H16FN3O2/c1-9-12(8-17-19-9)15(20)18-13-3-2-6-21-14-5-4-10(16)7-11(13)14/h4-5,7-8,13H,2-3,6H2,1H3,(H,17,19)(H,18,20)/t13-/m0/s1. The Morgan fingerprint density at radius 1 is 1.52 bits per heavy atom. The van der Waals surface area contributed by atoms with Crippen molar-refractivity contribution in [2.75, 3.05) is 6.61 Å². The number of rotatable bonds is 2. The van der Waals surface area contributed by atoms with Gasteiger partial charge in [-0.15, -0.1) is 0 Å². The van der Waals surface area contributed by atoms with Crippen molar-refractivity contribution in [2.24, 2.45) is 0 Å². The largest absolute Gasteiger partial charge is 0.493 e. The zero-order valence-corrected chi connectivity index (χ0v) is 11.6. The molecule has 1 aromatic heterocycles. The molecule has 1 aliphatic rings. The van der Waals surface area contributed by atoms with Gasteiger partial charge < -0.3 is 10.1 Å². The molecule has 3 rings (SSSR count). The van der Waals surface area contributed by atoms with Crippen LogP contribution in [0.15, 0.2) is 24.4 Å². The first-order valence-corrected chi connectivity index (χ1v) is 6.88. The van der Waals surface area contributed by atoms with Crippen molar-refractivity contribution in [3.05, 3.63) is 47.0 Å². The average molecular weight is 289 g/mol. The number of carbonyl (C=O) groups is 1. The summed E-state index contributed by atoms with van der Waals surface area (Å²) in [4.78, 5) is 12.3. The highest BCUT2D eigenvalue weighted by molar-refractivity contribution is 5.95. The van der Waals surface area contributed by atoms with Crippen molar-refractivity contribution in [1.82, 2.24) is 15.5 Å². The summed E-state index contributed by atoms with van der Waals surface area (Å²) >= 11 is 0. The van der Waals surface area contributed by atoms with E-state index in [0.717, 1.165) is 6.42 Å². The molecular formula is C15H16FN3O2. The average Bonchev–Trinajstić information content (AvgIpc) is 2.80. The van der Waals surface area contributed by atoms with Gasteiger partial charge in [0.05, 0.1) is 24.4 Å². The van der Waals surface area contributed by atoms with Crippen LogP contribution in [0, 0.1) is 12.7 Å². The van der Waals surface area contributed by atoms with Crippen LogP contribution in [-0.2, 0) is 0 Å². The molecule has 6 heteroatoms. The number of ether oxygens (including phenoxy) is 1. The Morgan fingerprint density at radius 2 is 2.38 bits per heavy atom. The van der Waals surface area contributed by atoms with Gasteiger partial charge in [0, 0.05) is 11.3 Å². The molecule has 21 heavy (non-hydrogen) atoms. The van der Waals surface area contributed by atoms with Crippen LogP contribution in [0.1, 0.15) is 40.5 Å². The van der Waals surface area contributed by atoms with Gasteiger partial charge in [-0.3, -0.25) is 9.89 Å². The van der Waals surface area contributed by atoms with Gasteiger partial charge in [0.15, 0.2) is 0 Å². The van der Waals surface area contributed by atoms with Crippen molar-refractivity contribution >= 4 is 5.91 Å². The van der Waals surface area contributed by atoms with Crippen molar-refractivity contribution in [3.63, 3.8) is 0 Å². The van der Waals surface area contributed by atoms with Crippen LogP contribution in [0.5, 0.6) is 5.75 Å². The number of benzene rings is 1. The number of fused-ring (bicyclic) bond motifs is 1. The van der Waals surface area contributed by atoms with Crippen LogP contribution >= 0.6 is 0 Å². The minimum absolute atomic E-state index is 0.219. The van der Waals surface area contributed by atoms with Crippen molar-refractivity contribution in [1.29, 1.82) is 0 Å². The number of halogens is 1. The summed E-state index contributed by atoms with van der Waals surface area (Å²) in [5.41, 5.74) is 1.89. The van der Waals surface area contributed by atoms with E-state index in [-0.39, 0.29) is 17.8 Å². The van der Waals surface area contributed by atoms with Gasteiger partial charge in [0.25, 0.3) is 5.91 Å². The topological polar surface area (TPSA) is 67.0 Å². The maximum absolute atomic E-state index is 13.5. The third-order valence-corrected chi connectivity index (χ3v) is 3.62. The number of carbonyl (C=O) groups excluding carboxylic acids is 1. The number of nitrogens with zero attached hydrogens (tertiary/aromatic N) is 1. The van der Waals surface area contributed by atoms with Gasteiger partial charge in [-0.25, -0.2) is 4.39 Å². The molecule has 0 saturated heterocycles. The third-order valence-electron chi connectivity index (χ3n) is 3.62. The SMILES string of the molecule is Cc1[nH]ncc1C(=O)N[C@H]1CCCOc2ccc(F)cc21. The van der Waals surface area contributed by atoms with Gasteiger partial charge in [-0.05, 0) is 38.0 Å². The lowest BCUT2D eigenvalue weighted by molar-refractivity contribution is 0.0934. The number of aromatic amines is 1. The summed E-state index contributed by atoms with van der Waals surface area (Å²) in [6, 6.07) is 4.13. The first kappa shape index (κ1) is 13.6. The highest BCUT2D eigenvalue weighted by Crippen LogP contribution is 2.32. The number of H-pyrrole nitrogens is 1. The van der Waals surface area contributed by atoms with E-state index in [4.69, 9.17) is 4.74 Å². The number of aromatic nitrogens is 2. The molecule has 2 N–H and O–H groups in total. The minimum Gasteiger partial charge on any atom is -0.493 e. The lowest BCUT2D eigenvalue weighted by atomic mass is 10.0. The Kier molecular flexibility index (Phi) is 3.60. The van der Waals surface area contributed by atoms with Crippen LogP contribution in [-0.4, -0.2) is 22.7 Å². The fourth-order valence-corrected chi connectivity index (χ4v) is 2.51. The molecule has 2 aromatic rings. The normalized spacial score (nSPS) is 17.5. The molecule has 2 heterocycles. The predicted octanol–water partition coefficient (Wildman–Crippen LogP) is 2.50. The molecule has 1 amide bonds. The second-order valence-corrected chi connectivity index (χ2v) is 5.11. The number of nitrogens with one attached hydrogen (secondary N) is 2. The fourth-order valence-electron chi connectivity index (χ4n) is 2.51. The van der Waals surface area contributed by atoms with Gasteiger partial charge in [-0.2, -0.15) is 5.10 Å². The van der Waals surface area contributed by atoms with Gasteiger partial charge in [0.2, 0.25) is 0 Å². The summed E-state index contributed by atoms with van der Waals surface area (Å²) in [6.45, 7) is 2.35. The van der Waals surface area contributed by atoms with Crippen LogP contribution in [0.4, 0.5) is 4.39 Å². The van der Waals surface area contributed by atoms with E-state index in [1.54, 1.807) is 13.0 Å². The summed E-state index contributed by atoms with van der Waals surface area (Å²) in [5.74, 6) is 0.0736. The highest BCUT2D eigenvalue weighted by Gasteiger charge is 2.23. The zero-order chi connectivity index (χ0) is 14.8. The maximum Gasteiger partial charge on any atom is 0.255 e. The Bertz CT molecular complexity index is 669.